The molecule has 0 unspecified atom stereocenters. The molecule has 2 aromatic carbocycles. The van der Waals surface area contributed by atoms with Crippen molar-refractivity contribution in [3.8, 4) is 5.75 Å². The number of rotatable bonds is 5. The fourth-order valence-electron chi connectivity index (χ4n) is 2.05. The highest BCUT2D eigenvalue weighted by Crippen LogP contribution is 3.02. The normalized spacial score (nSPS) is 16.3. The fourth-order valence-corrected chi connectivity index (χ4v) is 2.70. The third-order valence-corrected chi connectivity index (χ3v) is 4.46. The lowest BCUT2D eigenvalue weighted by molar-refractivity contribution is 0.178. The predicted molar refractivity (Wildman–Crippen MR) is 79.5 cm³/mol. The zero-order valence-electron chi connectivity index (χ0n) is 12.1. The van der Waals surface area contributed by atoms with E-state index in [0.717, 1.165) is 12.1 Å². The summed E-state index contributed by atoms with van der Waals surface area (Å²) in [5, 5.41) is 10.1. The monoisotopic (exact) mass is 354 g/mol. The van der Waals surface area contributed by atoms with Gasteiger partial charge >= 0.3 is 10.2 Å². The lowest BCUT2D eigenvalue weighted by Crippen LogP contribution is -2.06. The first-order chi connectivity index (χ1) is 10.4. The smallest absolute Gasteiger partial charge is 0.310 e. The Morgan fingerprint density at radius 3 is 1.87 bits per heavy atom. The van der Waals surface area contributed by atoms with Crippen LogP contribution in [0.25, 0.3) is 0 Å². The molecule has 23 heavy (non-hydrogen) atoms. The largest absolute Gasteiger partial charge is 0.497 e. The minimum absolute atomic E-state index is 0.00687. The lowest BCUT2D eigenvalue weighted by atomic mass is 10.0. The number of aliphatic hydroxyl groups is 1. The molecule has 8 heteroatoms. The van der Waals surface area contributed by atoms with Gasteiger partial charge in [0, 0.05) is 6.42 Å². The van der Waals surface area contributed by atoms with Crippen molar-refractivity contribution in [1.82, 2.24) is 0 Å². The maximum atomic E-state index is 12.6. The van der Waals surface area contributed by atoms with E-state index in [1.165, 1.54) is 7.11 Å². The van der Waals surface area contributed by atoms with E-state index in [2.05, 4.69) is 0 Å². The molecule has 1 N–H and O–H groups in total. The van der Waals surface area contributed by atoms with Crippen molar-refractivity contribution < 1.29 is 29.3 Å². The second-order valence-electron chi connectivity index (χ2n) is 5.11. The number of hydrogen-bond donors (Lipinski definition) is 1. The van der Waals surface area contributed by atoms with Gasteiger partial charge in [-0.25, -0.2) is 0 Å². The van der Waals surface area contributed by atoms with Crippen LogP contribution in [0.15, 0.2) is 53.4 Å². The zero-order valence-corrected chi connectivity index (χ0v) is 12.9. The molecule has 128 valence electrons. The summed E-state index contributed by atoms with van der Waals surface area (Å²) < 4.78 is 68.1. The Labute approximate surface area is 130 Å². The number of aliphatic hydroxyl groups excluding tert-OH is 1. The molecule has 2 rings (SSSR count). The average Bonchev–Trinajstić information content (AvgIpc) is 2.45. The van der Waals surface area contributed by atoms with Crippen molar-refractivity contribution in [1.29, 1.82) is 0 Å². The summed E-state index contributed by atoms with van der Waals surface area (Å²) in [6, 6.07) is 9.08. The third kappa shape index (κ3) is 4.59. The summed E-state index contributed by atoms with van der Waals surface area (Å²) in [7, 11) is -8.16. The molecule has 0 bridgehead atoms. The molecule has 0 saturated heterocycles. The Balaban J connectivity index is 2.14. The Bertz CT molecular complexity index is 681. The van der Waals surface area contributed by atoms with E-state index in [4.69, 9.17) is 4.74 Å². The summed E-state index contributed by atoms with van der Waals surface area (Å²) in [5.74, 6) is 0.598. The van der Waals surface area contributed by atoms with Crippen LogP contribution in [0, 0.1) is 0 Å². The highest BCUT2D eigenvalue weighted by atomic mass is 32.5. The molecule has 0 heterocycles. The van der Waals surface area contributed by atoms with Crippen molar-refractivity contribution in [3.63, 3.8) is 0 Å². The van der Waals surface area contributed by atoms with Gasteiger partial charge in [-0.05, 0) is 35.4 Å². The maximum absolute atomic E-state index is 12.6. The molecule has 0 aliphatic carbocycles. The SMILES string of the molecule is COc1ccc([C@@H](O)Cc2ccc(S(F)(F)(F)(F)F)cc2)cc1. The Kier molecular flexibility index (Phi) is 3.89. The number of methoxy groups -OCH3 is 1. The van der Waals surface area contributed by atoms with Crippen LogP contribution < -0.4 is 4.74 Å². The van der Waals surface area contributed by atoms with Crippen LogP contribution in [0.4, 0.5) is 19.4 Å². The van der Waals surface area contributed by atoms with Crippen LogP contribution in [0.1, 0.15) is 17.2 Å². The number of hydrogen-bond acceptors (Lipinski definition) is 2. The maximum Gasteiger partial charge on any atom is 0.310 e. The van der Waals surface area contributed by atoms with E-state index in [-0.39, 0.29) is 6.42 Å². The molecule has 0 aliphatic rings. The van der Waals surface area contributed by atoms with Crippen LogP contribution in [0.5, 0.6) is 5.75 Å². The molecule has 0 amide bonds. The summed E-state index contributed by atoms with van der Waals surface area (Å²) >= 11 is 0. The van der Waals surface area contributed by atoms with Crippen LogP contribution in [-0.4, -0.2) is 12.2 Å². The molecular formula is C15H15F5O2S. The Morgan fingerprint density at radius 2 is 1.43 bits per heavy atom. The molecule has 0 aromatic heterocycles. The molecule has 0 fully saturated rings. The standard InChI is InChI=1S/C15H15F5O2S/c1-22-13-6-4-12(5-7-13)15(21)10-11-2-8-14(9-3-11)23(16,17,18,19)20/h2-9,15,21H,10H2,1H3/t15-/m0/s1. The van der Waals surface area contributed by atoms with Crippen molar-refractivity contribution in [2.45, 2.75) is 17.4 Å². The van der Waals surface area contributed by atoms with Gasteiger partial charge in [-0.15, -0.1) is 0 Å². The van der Waals surface area contributed by atoms with Crippen LogP contribution >= 0.6 is 10.2 Å². The summed E-state index contributed by atoms with van der Waals surface area (Å²) in [6.07, 6.45) is -0.959. The van der Waals surface area contributed by atoms with Crippen molar-refractivity contribution in [2.75, 3.05) is 7.11 Å². The summed E-state index contributed by atoms with van der Waals surface area (Å²) in [5.41, 5.74) is 0.863. The first-order valence-electron chi connectivity index (χ1n) is 6.54. The highest BCUT2D eigenvalue weighted by molar-refractivity contribution is 8.45. The van der Waals surface area contributed by atoms with E-state index in [0.29, 0.717) is 29.0 Å². The molecule has 0 spiro atoms. The topological polar surface area (TPSA) is 29.5 Å². The number of benzene rings is 2. The van der Waals surface area contributed by atoms with Gasteiger partial charge in [-0.3, -0.25) is 0 Å². The molecule has 0 radical (unpaired) electrons. The minimum atomic E-state index is -9.65. The molecule has 0 saturated carbocycles. The zero-order chi connectivity index (χ0) is 17.4. The van der Waals surface area contributed by atoms with E-state index < -0.39 is 21.2 Å². The van der Waals surface area contributed by atoms with Gasteiger partial charge in [0.15, 0.2) is 0 Å². The second-order valence-corrected chi connectivity index (χ2v) is 7.52. The summed E-state index contributed by atoms with van der Waals surface area (Å²) in [4.78, 5) is -1.94. The van der Waals surface area contributed by atoms with E-state index in [1.807, 2.05) is 0 Å². The van der Waals surface area contributed by atoms with E-state index in [9.17, 15) is 24.5 Å². The number of halogens is 5. The first kappa shape index (κ1) is 17.6. The van der Waals surface area contributed by atoms with Gasteiger partial charge in [0.05, 0.1) is 13.2 Å². The van der Waals surface area contributed by atoms with Crippen molar-refractivity contribution >= 4 is 10.2 Å². The van der Waals surface area contributed by atoms with Crippen LogP contribution in [0.3, 0.4) is 0 Å². The molecule has 0 aliphatic heterocycles. The molecule has 2 nitrogen and oxygen atoms in total. The van der Waals surface area contributed by atoms with Gasteiger partial charge in [-0.2, -0.15) is 0 Å². The Morgan fingerprint density at radius 1 is 0.913 bits per heavy atom. The Hall–Kier alpha value is -1.80. The second kappa shape index (κ2) is 5.10. The molecular weight excluding hydrogens is 339 g/mol. The van der Waals surface area contributed by atoms with Gasteiger partial charge in [0.25, 0.3) is 0 Å². The van der Waals surface area contributed by atoms with Crippen LogP contribution in [0.2, 0.25) is 0 Å². The number of ether oxygens (including phenoxy) is 1. The first-order valence-corrected chi connectivity index (χ1v) is 8.49. The molecule has 1 atom stereocenters. The molecule has 2 aromatic rings. The minimum Gasteiger partial charge on any atom is -0.497 e. The average molecular weight is 354 g/mol. The van der Waals surface area contributed by atoms with Crippen LogP contribution in [-0.2, 0) is 6.42 Å². The predicted octanol–water partition coefficient (Wildman–Crippen LogP) is 5.63. The van der Waals surface area contributed by atoms with E-state index >= 15 is 0 Å². The fraction of sp³-hybridized carbons (Fsp3) is 0.200. The van der Waals surface area contributed by atoms with Gasteiger partial charge < -0.3 is 9.84 Å². The van der Waals surface area contributed by atoms with Crippen molar-refractivity contribution in [2.24, 2.45) is 0 Å². The van der Waals surface area contributed by atoms with Crippen molar-refractivity contribution in [3.05, 3.63) is 59.7 Å². The van der Waals surface area contributed by atoms with E-state index in [1.54, 1.807) is 24.3 Å². The quantitative estimate of drug-likeness (QED) is 0.705. The lowest BCUT2D eigenvalue weighted by Gasteiger charge is -2.40. The summed E-state index contributed by atoms with van der Waals surface area (Å²) in [6.45, 7) is 0. The van der Waals surface area contributed by atoms with Gasteiger partial charge in [-0.1, -0.05) is 43.7 Å². The highest BCUT2D eigenvalue weighted by Gasteiger charge is 2.65. The van der Waals surface area contributed by atoms with Gasteiger partial charge in [0.2, 0.25) is 0 Å². The van der Waals surface area contributed by atoms with Gasteiger partial charge in [0.1, 0.15) is 10.6 Å². The third-order valence-electron chi connectivity index (χ3n) is 3.30.